The van der Waals surface area contributed by atoms with Crippen molar-refractivity contribution in [3.8, 4) is 0 Å². The van der Waals surface area contributed by atoms with Crippen molar-refractivity contribution in [2.75, 3.05) is 18.9 Å². The third kappa shape index (κ3) is 2.96. The zero-order valence-corrected chi connectivity index (χ0v) is 14.7. The highest BCUT2D eigenvalue weighted by molar-refractivity contribution is 7.15. The van der Waals surface area contributed by atoms with Gasteiger partial charge in [0.05, 0.1) is 12.2 Å². The van der Waals surface area contributed by atoms with Crippen LogP contribution in [0.3, 0.4) is 0 Å². The molecule has 2 aromatic rings. The number of carbonyl (C=O) groups is 1. The lowest BCUT2D eigenvalue weighted by Gasteiger charge is -2.26. The summed E-state index contributed by atoms with van der Waals surface area (Å²) in [4.78, 5) is 32.2. The zero-order valence-electron chi connectivity index (χ0n) is 13.9. The van der Waals surface area contributed by atoms with E-state index < -0.39 is 5.63 Å². The van der Waals surface area contributed by atoms with Crippen LogP contribution >= 0.6 is 11.3 Å². The van der Waals surface area contributed by atoms with Crippen LogP contribution < -0.4 is 11.4 Å². The van der Waals surface area contributed by atoms with Crippen LogP contribution in [0.4, 0.5) is 5.13 Å². The summed E-state index contributed by atoms with van der Waals surface area (Å²) >= 11 is 1.39. The van der Waals surface area contributed by atoms with Gasteiger partial charge in [0.15, 0.2) is 5.13 Å². The first-order valence-corrected chi connectivity index (χ1v) is 9.14. The Hall–Kier alpha value is -2.19. The van der Waals surface area contributed by atoms with Crippen LogP contribution in [0.15, 0.2) is 15.3 Å². The monoisotopic (exact) mass is 361 g/mol. The number of nitrogen functional groups attached to an aromatic ring is 1. The molecule has 0 radical (unpaired) electrons. The molecular weight excluding hydrogens is 342 g/mol. The Morgan fingerprint density at radius 3 is 3.04 bits per heavy atom. The number of hydrogen-bond donors (Lipinski definition) is 1. The van der Waals surface area contributed by atoms with Gasteiger partial charge in [-0.15, -0.1) is 11.3 Å². The Kier molecular flexibility index (Phi) is 4.09. The van der Waals surface area contributed by atoms with Crippen LogP contribution in [0, 0.1) is 6.92 Å². The maximum absolute atomic E-state index is 12.9. The molecule has 7 nitrogen and oxygen atoms in total. The first-order chi connectivity index (χ1) is 12.0. The maximum Gasteiger partial charge on any atom is 0.349 e. The molecular formula is C17H19N3O4S. The Morgan fingerprint density at radius 2 is 2.32 bits per heavy atom. The maximum atomic E-state index is 12.9. The molecule has 132 valence electrons. The summed E-state index contributed by atoms with van der Waals surface area (Å²) < 4.78 is 11.0. The van der Waals surface area contributed by atoms with Crippen molar-refractivity contribution in [1.82, 2.24) is 9.88 Å². The third-order valence-electron chi connectivity index (χ3n) is 4.66. The van der Waals surface area contributed by atoms with E-state index in [0.29, 0.717) is 42.6 Å². The summed E-state index contributed by atoms with van der Waals surface area (Å²) in [5, 5.41) is 0.510. The molecule has 0 aliphatic carbocycles. The molecule has 2 N–H and O–H groups in total. The van der Waals surface area contributed by atoms with E-state index in [1.807, 2.05) is 0 Å². The Labute approximate surface area is 148 Å². The van der Waals surface area contributed by atoms with E-state index in [9.17, 15) is 9.59 Å². The first kappa shape index (κ1) is 16.3. The normalized spacial score (nSPS) is 19.9. The molecule has 4 heterocycles. The van der Waals surface area contributed by atoms with Gasteiger partial charge in [0.2, 0.25) is 0 Å². The molecule has 0 spiro atoms. The summed E-state index contributed by atoms with van der Waals surface area (Å²) in [7, 11) is 0. The van der Waals surface area contributed by atoms with Gasteiger partial charge in [-0.25, -0.2) is 9.78 Å². The second kappa shape index (κ2) is 6.27. The highest BCUT2D eigenvalue weighted by Crippen LogP contribution is 2.30. The quantitative estimate of drug-likeness (QED) is 0.879. The van der Waals surface area contributed by atoms with Gasteiger partial charge in [-0.2, -0.15) is 0 Å². The van der Waals surface area contributed by atoms with E-state index >= 15 is 0 Å². The molecule has 2 aliphatic heterocycles. The summed E-state index contributed by atoms with van der Waals surface area (Å²) in [5.41, 5.74) is 6.82. The van der Waals surface area contributed by atoms with Gasteiger partial charge in [0.25, 0.3) is 5.91 Å². The topological polar surface area (TPSA) is 98.7 Å². The number of ether oxygens (including phenoxy) is 1. The minimum atomic E-state index is -0.592. The number of carbonyl (C=O) groups excluding carboxylic acids is 1. The number of amides is 1. The molecule has 2 aromatic heterocycles. The van der Waals surface area contributed by atoms with Crippen LogP contribution in [0.5, 0.6) is 0 Å². The first-order valence-electron chi connectivity index (χ1n) is 8.32. The molecule has 0 bridgehead atoms. The van der Waals surface area contributed by atoms with Gasteiger partial charge in [0, 0.05) is 24.4 Å². The average Bonchev–Trinajstić information content (AvgIpc) is 3.21. The van der Waals surface area contributed by atoms with Gasteiger partial charge < -0.3 is 19.8 Å². The standard InChI is InChI=1S/C17H19N3O4S/c1-9-7-12(11-3-2-6-23-11)24-16(22)14(9)15(21)20-5-4-10-13(8-20)25-17(18)19-10/h7,11H,2-6,8H2,1H3,(H2,18,19). The molecule has 1 amide bonds. The molecule has 4 rings (SSSR count). The van der Waals surface area contributed by atoms with Gasteiger partial charge >= 0.3 is 5.63 Å². The molecule has 1 fully saturated rings. The summed E-state index contributed by atoms with van der Waals surface area (Å²) in [6.45, 7) is 3.38. The fourth-order valence-electron chi connectivity index (χ4n) is 3.40. The van der Waals surface area contributed by atoms with Crippen molar-refractivity contribution < 1.29 is 13.9 Å². The molecule has 0 saturated carbocycles. The number of hydrogen-bond acceptors (Lipinski definition) is 7. The van der Waals surface area contributed by atoms with Gasteiger partial charge in [-0.05, 0) is 31.4 Å². The zero-order chi connectivity index (χ0) is 17.6. The minimum absolute atomic E-state index is 0.0997. The second-order valence-corrected chi connectivity index (χ2v) is 7.51. The fourth-order valence-corrected chi connectivity index (χ4v) is 4.29. The van der Waals surface area contributed by atoms with E-state index in [4.69, 9.17) is 14.9 Å². The summed E-state index contributed by atoms with van der Waals surface area (Å²) in [5.74, 6) is 0.204. The predicted octanol–water partition coefficient (Wildman–Crippen LogP) is 2.04. The Balaban J connectivity index is 1.61. The van der Waals surface area contributed by atoms with Crippen LogP contribution in [-0.2, 0) is 17.7 Å². The van der Waals surface area contributed by atoms with Crippen LogP contribution in [-0.4, -0.2) is 28.9 Å². The SMILES string of the molecule is Cc1cc(C2CCCO2)oc(=O)c1C(=O)N1CCc2nc(N)sc2C1. The molecule has 1 unspecified atom stereocenters. The number of nitrogens with two attached hydrogens (primary N) is 1. The number of fused-ring (bicyclic) bond motifs is 1. The van der Waals surface area contributed by atoms with Crippen LogP contribution in [0.2, 0.25) is 0 Å². The molecule has 25 heavy (non-hydrogen) atoms. The number of thiazole rings is 1. The lowest BCUT2D eigenvalue weighted by Crippen LogP contribution is -2.38. The molecule has 0 aromatic carbocycles. The number of anilines is 1. The van der Waals surface area contributed by atoms with Gasteiger partial charge in [0.1, 0.15) is 17.4 Å². The van der Waals surface area contributed by atoms with Crippen molar-refractivity contribution in [1.29, 1.82) is 0 Å². The lowest BCUT2D eigenvalue weighted by atomic mass is 10.1. The Bertz CT molecular complexity index is 883. The highest BCUT2D eigenvalue weighted by atomic mass is 32.1. The van der Waals surface area contributed by atoms with E-state index in [2.05, 4.69) is 4.98 Å². The predicted molar refractivity (Wildman–Crippen MR) is 92.6 cm³/mol. The summed E-state index contributed by atoms with van der Waals surface area (Å²) in [6, 6.07) is 1.75. The molecule has 2 aliphatic rings. The molecule has 8 heteroatoms. The van der Waals surface area contributed by atoms with E-state index in [-0.39, 0.29) is 17.6 Å². The van der Waals surface area contributed by atoms with E-state index in [1.54, 1.807) is 17.9 Å². The number of rotatable bonds is 2. The van der Waals surface area contributed by atoms with Gasteiger partial charge in [-0.3, -0.25) is 4.79 Å². The minimum Gasteiger partial charge on any atom is -0.424 e. The van der Waals surface area contributed by atoms with Gasteiger partial charge in [-0.1, -0.05) is 0 Å². The Morgan fingerprint density at radius 1 is 1.48 bits per heavy atom. The fraction of sp³-hybridized carbons (Fsp3) is 0.471. The highest BCUT2D eigenvalue weighted by Gasteiger charge is 2.29. The van der Waals surface area contributed by atoms with Crippen molar-refractivity contribution in [2.45, 2.75) is 38.8 Å². The number of nitrogens with zero attached hydrogens (tertiary/aromatic N) is 2. The smallest absolute Gasteiger partial charge is 0.349 e. The molecule has 1 saturated heterocycles. The number of aromatic nitrogens is 1. The number of aryl methyl sites for hydroxylation is 1. The second-order valence-electron chi connectivity index (χ2n) is 6.39. The van der Waals surface area contributed by atoms with Crippen molar-refractivity contribution in [2.24, 2.45) is 0 Å². The van der Waals surface area contributed by atoms with Crippen LogP contribution in [0.25, 0.3) is 0 Å². The third-order valence-corrected chi connectivity index (χ3v) is 5.58. The van der Waals surface area contributed by atoms with E-state index in [1.165, 1.54) is 11.3 Å². The van der Waals surface area contributed by atoms with Crippen molar-refractivity contribution in [3.05, 3.63) is 43.9 Å². The van der Waals surface area contributed by atoms with Crippen molar-refractivity contribution >= 4 is 22.4 Å². The summed E-state index contributed by atoms with van der Waals surface area (Å²) in [6.07, 6.45) is 2.24. The largest absolute Gasteiger partial charge is 0.424 e. The van der Waals surface area contributed by atoms with Crippen molar-refractivity contribution in [3.63, 3.8) is 0 Å². The lowest BCUT2D eigenvalue weighted by molar-refractivity contribution is 0.0721. The average molecular weight is 361 g/mol. The van der Waals surface area contributed by atoms with E-state index in [0.717, 1.165) is 23.4 Å². The molecule has 1 atom stereocenters. The van der Waals surface area contributed by atoms with Crippen LogP contribution in [0.1, 0.15) is 51.2 Å².